The van der Waals surface area contributed by atoms with Crippen LogP contribution < -0.4 is 5.73 Å². The number of hydrogen-bond acceptors (Lipinski definition) is 3. The van der Waals surface area contributed by atoms with Gasteiger partial charge in [-0.1, -0.05) is 26.7 Å². The van der Waals surface area contributed by atoms with Crippen LogP contribution in [0, 0.1) is 17.8 Å². The van der Waals surface area contributed by atoms with E-state index in [0.717, 1.165) is 25.3 Å². The maximum atomic E-state index is 5.90. The van der Waals surface area contributed by atoms with Crippen LogP contribution in [0.15, 0.2) is 6.33 Å². The van der Waals surface area contributed by atoms with Crippen molar-refractivity contribution in [3.63, 3.8) is 0 Å². The zero-order chi connectivity index (χ0) is 13.0. The van der Waals surface area contributed by atoms with Crippen LogP contribution in [0.4, 0.5) is 0 Å². The van der Waals surface area contributed by atoms with Gasteiger partial charge in [0.2, 0.25) is 0 Å². The van der Waals surface area contributed by atoms with Crippen LogP contribution in [-0.2, 0) is 13.0 Å². The maximum Gasteiger partial charge on any atom is 0.138 e. The van der Waals surface area contributed by atoms with Crippen molar-refractivity contribution >= 4 is 0 Å². The average molecular weight is 250 g/mol. The Morgan fingerprint density at radius 2 is 2.06 bits per heavy atom. The Labute approximate surface area is 110 Å². The number of hydrogen-bond donors (Lipinski definition) is 1. The zero-order valence-electron chi connectivity index (χ0n) is 11.7. The standard InChI is InChI=1S/C14H26N4/c1-11(2)9-18-14(16-10-17-18)7-12-5-3-4-6-13(12)8-15/h10-13H,3-9,15H2,1-2H3. The quantitative estimate of drug-likeness (QED) is 0.872. The van der Waals surface area contributed by atoms with Gasteiger partial charge in [0, 0.05) is 13.0 Å². The Morgan fingerprint density at radius 1 is 1.33 bits per heavy atom. The molecule has 1 fully saturated rings. The highest BCUT2D eigenvalue weighted by molar-refractivity contribution is 4.91. The molecular weight excluding hydrogens is 224 g/mol. The number of rotatable bonds is 5. The van der Waals surface area contributed by atoms with E-state index in [1.807, 2.05) is 0 Å². The fraction of sp³-hybridized carbons (Fsp3) is 0.857. The van der Waals surface area contributed by atoms with Gasteiger partial charge in [-0.25, -0.2) is 9.67 Å². The third-order valence-electron chi connectivity index (χ3n) is 4.05. The Hall–Kier alpha value is -0.900. The van der Waals surface area contributed by atoms with Crippen molar-refractivity contribution in [1.29, 1.82) is 0 Å². The van der Waals surface area contributed by atoms with E-state index < -0.39 is 0 Å². The molecule has 1 aromatic rings. The molecule has 0 bridgehead atoms. The summed E-state index contributed by atoms with van der Waals surface area (Å²) >= 11 is 0. The predicted molar refractivity (Wildman–Crippen MR) is 73.1 cm³/mol. The molecule has 0 spiro atoms. The molecule has 102 valence electrons. The first-order valence-corrected chi connectivity index (χ1v) is 7.27. The van der Waals surface area contributed by atoms with Gasteiger partial charge in [0.25, 0.3) is 0 Å². The Bertz CT molecular complexity index is 358. The second-order valence-electron chi connectivity index (χ2n) is 6.00. The average Bonchev–Trinajstić information content (AvgIpc) is 2.76. The van der Waals surface area contributed by atoms with Crippen LogP contribution in [0.25, 0.3) is 0 Å². The molecule has 2 atom stereocenters. The van der Waals surface area contributed by atoms with Gasteiger partial charge in [-0.05, 0) is 37.1 Å². The van der Waals surface area contributed by atoms with Gasteiger partial charge in [-0.2, -0.15) is 5.10 Å². The highest BCUT2D eigenvalue weighted by atomic mass is 15.3. The van der Waals surface area contributed by atoms with Crippen LogP contribution in [0.5, 0.6) is 0 Å². The third kappa shape index (κ3) is 3.31. The zero-order valence-corrected chi connectivity index (χ0v) is 11.7. The minimum absolute atomic E-state index is 0.613. The molecule has 4 nitrogen and oxygen atoms in total. The normalized spacial score (nSPS) is 24.7. The topological polar surface area (TPSA) is 56.7 Å². The molecule has 2 rings (SSSR count). The lowest BCUT2D eigenvalue weighted by Crippen LogP contribution is -2.29. The summed E-state index contributed by atoms with van der Waals surface area (Å²) in [6, 6.07) is 0. The van der Waals surface area contributed by atoms with Crippen LogP contribution >= 0.6 is 0 Å². The van der Waals surface area contributed by atoms with Crippen molar-refractivity contribution in [2.45, 2.75) is 52.5 Å². The largest absolute Gasteiger partial charge is 0.330 e. The lowest BCUT2D eigenvalue weighted by atomic mass is 9.77. The molecule has 2 N–H and O–H groups in total. The molecule has 0 aromatic carbocycles. The lowest BCUT2D eigenvalue weighted by Gasteiger charge is -2.30. The molecule has 1 aromatic heterocycles. The molecule has 0 aliphatic heterocycles. The van der Waals surface area contributed by atoms with Gasteiger partial charge in [0.05, 0.1) is 0 Å². The van der Waals surface area contributed by atoms with E-state index in [0.29, 0.717) is 17.8 Å². The first kappa shape index (κ1) is 13.5. The Kier molecular flexibility index (Phi) is 4.75. The van der Waals surface area contributed by atoms with Gasteiger partial charge < -0.3 is 5.73 Å². The summed E-state index contributed by atoms with van der Waals surface area (Å²) in [5.41, 5.74) is 5.90. The summed E-state index contributed by atoms with van der Waals surface area (Å²) in [7, 11) is 0. The Morgan fingerprint density at radius 3 is 2.72 bits per heavy atom. The minimum Gasteiger partial charge on any atom is -0.330 e. The minimum atomic E-state index is 0.613. The highest BCUT2D eigenvalue weighted by Gasteiger charge is 2.25. The molecule has 1 aliphatic rings. The van der Waals surface area contributed by atoms with E-state index in [9.17, 15) is 0 Å². The van der Waals surface area contributed by atoms with Crippen LogP contribution in [-0.4, -0.2) is 21.3 Å². The fourth-order valence-electron chi connectivity index (χ4n) is 3.04. The lowest BCUT2D eigenvalue weighted by molar-refractivity contribution is 0.235. The first-order chi connectivity index (χ1) is 8.70. The van der Waals surface area contributed by atoms with Crippen molar-refractivity contribution in [1.82, 2.24) is 14.8 Å². The maximum absolute atomic E-state index is 5.90. The summed E-state index contributed by atoms with van der Waals surface area (Å²) in [6.07, 6.45) is 8.03. The van der Waals surface area contributed by atoms with Crippen molar-refractivity contribution in [3.05, 3.63) is 12.2 Å². The van der Waals surface area contributed by atoms with Gasteiger partial charge in [0.1, 0.15) is 12.2 Å². The number of nitrogens with zero attached hydrogens (tertiary/aromatic N) is 3. The molecule has 0 saturated heterocycles. The number of nitrogens with two attached hydrogens (primary N) is 1. The summed E-state index contributed by atoms with van der Waals surface area (Å²) in [6.45, 7) is 6.22. The monoisotopic (exact) mass is 250 g/mol. The third-order valence-corrected chi connectivity index (χ3v) is 4.05. The fourth-order valence-corrected chi connectivity index (χ4v) is 3.04. The van der Waals surface area contributed by atoms with Gasteiger partial charge in [-0.15, -0.1) is 0 Å². The molecule has 0 amide bonds. The second kappa shape index (κ2) is 6.32. The van der Waals surface area contributed by atoms with Gasteiger partial charge in [0.15, 0.2) is 0 Å². The van der Waals surface area contributed by atoms with Crippen molar-refractivity contribution < 1.29 is 0 Å². The summed E-state index contributed by atoms with van der Waals surface area (Å²) in [5, 5.41) is 4.35. The van der Waals surface area contributed by atoms with Crippen molar-refractivity contribution in [2.75, 3.05) is 6.54 Å². The Balaban J connectivity index is 2.01. The highest BCUT2D eigenvalue weighted by Crippen LogP contribution is 2.31. The molecule has 18 heavy (non-hydrogen) atoms. The van der Waals surface area contributed by atoms with Gasteiger partial charge >= 0.3 is 0 Å². The van der Waals surface area contributed by atoms with Crippen molar-refractivity contribution in [2.24, 2.45) is 23.5 Å². The van der Waals surface area contributed by atoms with Crippen LogP contribution in [0.3, 0.4) is 0 Å². The molecule has 1 heterocycles. The second-order valence-corrected chi connectivity index (χ2v) is 6.00. The summed E-state index contributed by atoms with van der Waals surface area (Å²) < 4.78 is 2.08. The van der Waals surface area contributed by atoms with E-state index in [4.69, 9.17) is 5.73 Å². The molecule has 1 aliphatic carbocycles. The first-order valence-electron chi connectivity index (χ1n) is 7.27. The molecular formula is C14H26N4. The van der Waals surface area contributed by atoms with E-state index in [1.54, 1.807) is 6.33 Å². The van der Waals surface area contributed by atoms with Crippen LogP contribution in [0.1, 0.15) is 45.4 Å². The SMILES string of the molecule is CC(C)Cn1ncnc1CC1CCCCC1CN. The van der Waals surface area contributed by atoms with E-state index in [2.05, 4.69) is 28.6 Å². The van der Waals surface area contributed by atoms with E-state index in [-0.39, 0.29) is 0 Å². The summed E-state index contributed by atoms with van der Waals surface area (Å²) in [5.74, 6) is 3.15. The molecule has 2 unspecified atom stereocenters. The smallest absolute Gasteiger partial charge is 0.138 e. The summed E-state index contributed by atoms with van der Waals surface area (Å²) in [4.78, 5) is 4.44. The predicted octanol–water partition coefficient (Wildman–Crippen LogP) is 2.24. The van der Waals surface area contributed by atoms with E-state index in [1.165, 1.54) is 25.7 Å². The van der Waals surface area contributed by atoms with E-state index >= 15 is 0 Å². The molecule has 1 saturated carbocycles. The number of aromatic nitrogens is 3. The molecule has 4 heteroatoms. The van der Waals surface area contributed by atoms with Crippen LogP contribution in [0.2, 0.25) is 0 Å². The van der Waals surface area contributed by atoms with Gasteiger partial charge in [-0.3, -0.25) is 0 Å². The molecule has 0 radical (unpaired) electrons. The van der Waals surface area contributed by atoms with Crippen molar-refractivity contribution in [3.8, 4) is 0 Å².